The van der Waals surface area contributed by atoms with Gasteiger partial charge in [0.05, 0.1) is 13.3 Å². The number of methoxy groups -OCH3 is 1. The zero-order valence-corrected chi connectivity index (χ0v) is 16.8. The normalized spacial score (nSPS) is 10.0. The molecule has 0 aromatic carbocycles. The zero-order chi connectivity index (χ0) is 21.1. The van der Waals surface area contributed by atoms with Gasteiger partial charge in [0.15, 0.2) is 0 Å². The maximum atomic E-state index is 11.5. The Morgan fingerprint density at radius 2 is 1.46 bits per heavy atom. The molecule has 1 aromatic rings. The van der Waals surface area contributed by atoms with Crippen molar-refractivity contribution in [2.75, 3.05) is 62.5 Å². The first-order valence-corrected chi connectivity index (χ1v) is 8.59. The smallest absolute Gasteiger partial charge is 0.244 e. The van der Waals surface area contributed by atoms with Crippen molar-refractivity contribution in [2.24, 2.45) is 0 Å². The lowest BCUT2D eigenvalue weighted by Gasteiger charge is -2.25. The number of anilines is 3. The van der Waals surface area contributed by atoms with Crippen LogP contribution in [-0.4, -0.2) is 74.6 Å². The van der Waals surface area contributed by atoms with Crippen molar-refractivity contribution < 1.29 is 14.3 Å². The molecule has 0 spiro atoms. The summed E-state index contributed by atoms with van der Waals surface area (Å²) in [6.45, 7) is 9.97. The van der Waals surface area contributed by atoms with Crippen molar-refractivity contribution in [2.45, 2.75) is 6.92 Å². The van der Waals surface area contributed by atoms with Crippen LogP contribution in [0.3, 0.4) is 0 Å². The van der Waals surface area contributed by atoms with Crippen LogP contribution in [0.1, 0.15) is 6.92 Å². The highest BCUT2D eigenvalue weighted by Crippen LogP contribution is 2.17. The SMILES string of the molecule is C=CC(=O)NCN(C)c1nc(N(C)COC)nc(N(CC)CNC(=O)C=C)n1. The van der Waals surface area contributed by atoms with E-state index >= 15 is 0 Å². The van der Waals surface area contributed by atoms with Gasteiger partial charge >= 0.3 is 0 Å². The molecule has 0 atom stereocenters. The monoisotopic (exact) mass is 392 g/mol. The van der Waals surface area contributed by atoms with Crippen LogP contribution >= 0.6 is 0 Å². The highest BCUT2D eigenvalue weighted by Gasteiger charge is 2.17. The summed E-state index contributed by atoms with van der Waals surface area (Å²) in [4.78, 5) is 41.4. The summed E-state index contributed by atoms with van der Waals surface area (Å²) in [6.07, 6.45) is 2.38. The Morgan fingerprint density at radius 1 is 0.964 bits per heavy atom. The van der Waals surface area contributed by atoms with E-state index in [4.69, 9.17) is 4.74 Å². The highest BCUT2D eigenvalue weighted by atomic mass is 16.5. The van der Waals surface area contributed by atoms with Gasteiger partial charge in [0.2, 0.25) is 29.7 Å². The Kier molecular flexibility index (Phi) is 9.37. The molecule has 0 aliphatic heterocycles. The van der Waals surface area contributed by atoms with E-state index in [9.17, 15) is 9.59 Å². The van der Waals surface area contributed by atoms with E-state index in [2.05, 4.69) is 38.7 Å². The molecule has 0 saturated carbocycles. The predicted octanol–water partition coefficient (Wildman–Crippen LogP) is -0.306. The second kappa shape index (κ2) is 11.5. The molecule has 0 unspecified atom stereocenters. The number of nitrogens with zero attached hydrogens (tertiary/aromatic N) is 6. The first kappa shape index (κ1) is 22.8. The number of nitrogens with one attached hydrogen (secondary N) is 2. The Balaban J connectivity index is 3.16. The fourth-order valence-electron chi connectivity index (χ4n) is 1.99. The van der Waals surface area contributed by atoms with E-state index in [1.807, 2.05) is 6.92 Å². The standard InChI is InChI=1S/C17H28N8O3/c1-7-13(26)18-10-23(4)15-20-16(24(5)12-28-6)22-17(21-15)25(9-3)11-19-14(27)8-2/h7-8H,1-2,9-12H2,3-6H3,(H,18,26)(H,19,27). The van der Waals surface area contributed by atoms with Gasteiger partial charge in [-0.15, -0.1) is 0 Å². The van der Waals surface area contributed by atoms with E-state index in [0.717, 1.165) is 0 Å². The first-order chi connectivity index (χ1) is 13.4. The van der Waals surface area contributed by atoms with Gasteiger partial charge < -0.3 is 30.1 Å². The van der Waals surface area contributed by atoms with E-state index in [-0.39, 0.29) is 31.9 Å². The minimum atomic E-state index is -0.305. The molecule has 2 amide bonds. The number of hydrogen-bond acceptors (Lipinski definition) is 9. The van der Waals surface area contributed by atoms with Gasteiger partial charge in [0.1, 0.15) is 6.73 Å². The summed E-state index contributed by atoms with van der Waals surface area (Å²) in [5.41, 5.74) is 0. The molecule has 0 fully saturated rings. The number of ether oxygens (including phenoxy) is 1. The van der Waals surface area contributed by atoms with Crippen molar-refractivity contribution in [3.8, 4) is 0 Å². The van der Waals surface area contributed by atoms with Crippen LogP contribution in [-0.2, 0) is 14.3 Å². The second-order valence-corrected chi connectivity index (χ2v) is 5.71. The summed E-state index contributed by atoms with van der Waals surface area (Å²) >= 11 is 0. The van der Waals surface area contributed by atoms with Crippen molar-refractivity contribution in [3.63, 3.8) is 0 Å². The van der Waals surface area contributed by atoms with E-state index < -0.39 is 0 Å². The van der Waals surface area contributed by atoms with Crippen LogP contribution in [0, 0.1) is 0 Å². The molecule has 11 nitrogen and oxygen atoms in total. The van der Waals surface area contributed by atoms with Crippen molar-refractivity contribution in [1.82, 2.24) is 25.6 Å². The van der Waals surface area contributed by atoms with Crippen molar-refractivity contribution in [1.29, 1.82) is 0 Å². The van der Waals surface area contributed by atoms with Gasteiger partial charge in [0, 0.05) is 27.7 Å². The molecule has 28 heavy (non-hydrogen) atoms. The molecule has 0 saturated heterocycles. The lowest BCUT2D eigenvalue weighted by atomic mass is 10.5. The average molecular weight is 392 g/mol. The van der Waals surface area contributed by atoms with Crippen LogP contribution in [0.25, 0.3) is 0 Å². The molecule has 0 radical (unpaired) electrons. The summed E-state index contributed by atoms with van der Waals surface area (Å²) in [7, 11) is 5.08. The number of carbonyl (C=O) groups is 2. The number of carbonyl (C=O) groups excluding carboxylic acids is 2. The number of aromatic nitrogens is 3. The molecular formula is C17H28N8O3. The Labute approximate surface area is 165 Å². The lowest BCUT2D eigenvalue weighted by molar-refractivity contribution is -0.117. The summed E-state index contributed by atoms with van der Waals surface area (Å²) in [6, 6.07) is 0. The van der Waals surface area contributed by atoms with Gasteiger partial charge in [-0.1, -0.05) is 13.2 Å². The molecule has 2 N–H and O–H groups in total. The second-order valence-electron chi connectivity index (χ2n) is 5.71. The van der Waals surface area contributed by atoms with Gasteiger partial charge in [-0.25, -0.2) is 0 Å². The van der Waals surface area contributed by atoms with Crippen LogP contribution in [0.2, 0.25) is 0 Å². The lowest BCUT2D eigenvalue weighted by Crippen LogP contribution is -2.39. The van der Waals surface area contributed by atoms with E-state index in [1.165, 1.54) is 12.2 Å². The minimum absolute atomic E-state index is 0.182. The minimum Gasteiger partial charge on any atom is -0.364 e. The van der Waals surface area contributed by atoms with Crippen molar-refractivity contribution >= 4 is 29.7 Å². The molecular weight excluding hydrogens is 364 g/mol. The summed E-state index contributed by atoms with van der Waals surface area (Å²) < 4.78 is 5.13. The number of hydrogen-bond donors (Lipinski definition) is 2. The number of amides is 2. The van der Waals surface area contributed by atoms with Crippen LogP contribution in [0.15, 0.2) is 25.3 Å². The molecule has 0 bridgehead atoms. The first-order valence-electron chi connectivity index (χ1n) is 8.59. The third-order valence-corrected chi connectivity index (χ3v) is 3.58. The van der Waals surface area contributed by atoms with Crippen LogP contribution < -0.4 is 25.3 Å². The van der Waals surface area contributed by atoms with Gasteiger partial charge in [-0.2, -0.15) is 15.0 Å². The maximum absolute atomic E-state index is 11.5. The molecule has 1 rings (SSSR count). The van der Waals surface area contributed by atoms with E-state index in [0.29, 0.717) is 24.4 Å². The number of rotatable bonds is 12. The van der Waals surface area contributed by atoms with Gasteiger partial charge in [-0.05, 0) is 19.1 Å². The topological polar surface area (TPSA) is 116 Å². The summed E-state index contributed by atoms with van der Waals surface area (Å²) in [5, 5.41) is 5.36. The fourth-order valence-corrected chi connectivity index (χ4v) is 1.99. The summed E-state index contributed by atoms with van der Waals surface area (Å²) in [5.74, 6) is 0.503. The molecule has 11 heteroatoms. The Morgan fingerprint density at radius 3 is 1.96 bits per heavy atom. The third-order valence-electron chi connectivity index (χ3n) is 3.58. The molecule has 0 aliphatic rings. The van der Waals surface area contributed by atoms with Gasteiger partial charge in [0.25, 0.3) is 0 Å². The van der Waals surface area contributed by atoms with E-state index in [1.54, 1.807) is 35.9 Å². The third kappa shape index (κ3) is 6.83. The zero-order valence-electron chi connectivity index (χ0n) is 16.8. The molecule has 154 valence electrons. The Hall–Kier alpha value is -3.21. The molecule has 1 heterocycles. The molecule has 0 aliphatic carbocycles. The average Bonchev–Trinajstić information content (AvgIpc) is 2.71. The van der Waals surface area contributed by atoms with Gasteiger partial charge in [-0.3, -0.25) is 9.59 Å². The largest absolute Gasteiger partial charge is 0.364 e. The maximum Gasteiger partial charge on any atom is 0.244 e. The highest BCUT2D eigenvalue weighted by molar-refractivity contribution is 5.87. The predicted molar refractivity (Wildman–Crippen MR) is 108 cm³/mol. The molecule has 1 aromatic heterocycles. The van der Waals surface area contributed by atoms with Crippen molar-refractivity contribution in [3.05, 3.63) is 25.3 Å². The fraction of sp³-hybridized carbons (Fsp3) is 0.471. The quantitative estimate of drug-likeness (QED) is 0.365. The van der Waals surface area contributed by atoms with Crippen LogP contribution in [0.5, 0.6) is 0 Å². The Bertz CT molecular complexity index is 697. The van der Waals surface area contributed by atoms with Crippen LogP contribution in [0.4, 0.5) is 17.8 Å².